The molecule has 0 radical (unpaired) electrons. The fourth-order valence-electron chi connectivity index (χ4n) is 2.68. The van der Waals surface area contributed by atoms with E-state index in [1.165, 1.54) is 24.0 Å². The van der Waals surface area contributed by atoms with Gasteiger partial charge in [0.1, 0.15) is 0 Å². The van der Waals surface area contributed by atoms with E-state index in [9.17, 15) is 0 Å². The summed E-state index contributed by atoms with van der Waals surface area (Å²) in [4.78, 5) is 0. The van der Waals surface area contributed by atoms with E-state index < -0.39 is 0 Å². The van der Waals surface area contributed by atoms with E-state index in [1.807, 2.05) is 13.8 Å². The summed E-state index contributed by atoms with van der Waals surface area (Å²) in [5.74, 6) is 0.822. The molecule has 1 saturated carbocycles. The van der Waals surface area contributed by atoms with Gasteiger partial charge in [-0.3, -0.25) is 0 Å². The zero-order valence-electron chi connectivity index (χ0n) is 11.1. The van der Waals surface area contributed by atoms with Crippen LogP contribution in [0.2, 0.25) is 0 Å². The molecule has 2 unspecified atom stereocenters. The van der Waals surface area contributed by atoms with Crippen molar-refractivity contribution in [2.75, 3.05) is 0 Å². The van der Waals surface area contributed by atoms with Crippen LogP contribution < -0.4 is 0 Å². The summed E-state index contributed by atoms with van der Waals surface area (Å²) in [6, 6.07) is 10.8. The number of hydrogen-bond acceptors (Lipinski definition) is 0. The lowest BCUT2D eigenvalue weighted by molar-refractivity contribution is 0.666. The van der Waals surface area contributed by atoms with Crippen LogP contribution in [-0.2, 0) is 5.41 Å². The van der Waals surface area contributed by atoms with E-state index in [0.29, 0.717) is 5.41 Å². The van der Waals surface area contributed by atoms with Crippen molar-refractivity contribution in [3.8, 4) is 0 Å². The molecule has 0 aromatic heterocycles. The van der Waals surface area contributed by atoms with E-state index >= 15 is 0 Å². The quantitative estimate of drug-likeness (QED) is 0.627. The minimum Gasteiger partial charge on any atom is -0.0992 e. The molecular formula is C16H24. The standard InChI is InChI=1S/C14H18.C2H6/c1-4-12-10-14(12,11(2)3)13-8-6-5-7-9-13;1-2/h5-9,12H,2,4,10H2,1,3H3;1-2H3. The summed E-state index contributed by atoms with van der Waals surface area (Å²) < 4.78 is 0. The Balaban J connectivity index is 0.000000606. The lowest BCUT2D eigenvalue weighted by atomic mass is 9.86. The highest BCUT2D eigenvalue weighted by Gasteiger charge is 2.54. The second-order valence-corrected chi connectivity index (χ2v) is 4.43. The first kappa shape index (κ1) is 13.0. The van der Waals surface area contributed by atoms with Gasteiger partial charge in [0.25, 0.3) is 0 Å². The molecule has 0 nitrogen and oxygen atoms in total. The number of benzene rings is 1. The topological polar surface area (TPSA) is 0 Å². The van der Waals surface area contributed by atoms with Gasteiger partial charge in [-0.1, -0.05) is 69.7 Å². The fraction of sp³-hybridized carbons (Fsp3) is 0.500. The lowest BCUT2D eigenvalue weighted by Crippen LogP contribution is -2.10. The smallest absolute Gasteiger partial charge is 0.0188 e. The van der Waals surface area contributed by atoms with Gasteiger partial charge in [-0.25, -0.2) is 0 Å². The molecule has 2 rings (SSSR count). The van der Waals surface area contributed by atoms with Gasteiger partial charge in [-0.05, 0) is 24.8 Å². The molecule has 1 fully saturated rings. The Bertz CT molecular complexity index is 336. The average molecular weight is 216 g/mol. The molecule has 1 aromatic carbocycles. The zero-order valence-corrected chi connectivity index (χ0v) is 11.1. The molecule has 0 heteroatoms. The highest BCUT2D eigenvalue weighted by atomic mass is 14.6. The monoisotopic (exact) mass is 216 g/mol. The first-order valence-electron chi connectivity index (χ1n) is 6.43. The van der Waals surface area contributed by atoms with E-state index in [1.54, 1.807) is 0 Å². The van der Waals surface area contributed by atoms with Crippen molar-refractivity contribution in [1.29, 1.82) is 0 Å². The molecule has 0 bridgehead atoms. The van der Waals surface area contributed by atoms with Crippen molar-refractivity contribution in [2.45, 2.75) is 46.0 Å². The Hall–Kier alpha value is -1.04. The van der Waals surface area contributed by atoms with Crippen LogP contribution in [0.5, 0.6) is 0 Å². The number of rotatable bonds is 3. The molecule has 0 heterocycles. The highest BCUT2D eigenvalue weighted by Crippen LogP contribution is 2.59. The van der Waals surface area contributed by atoms with Crippen LogP contribution in [0.1, 0.15) is 46.1 Å². The van der Waals surface area contributed by atoms with E-state index in [4.69, 9.17) is 0 Å². The largest absolute Gasteiger partial charge is 0.0992 e. The number of hydrogen-bond donors (Lipinski definition) is 0. The summed E-state index contributed by atoms with van der Waals surface area (Å²) in [7, 11) is 0. The zero-order chi connectivity index (χ0) is 12.2. The van der Waals surface area contributed by atoms with Gasteiger partial charge in [0, 0.05) is 5.41 Å². The van der Waals surface area contributed by atoms with Crippen LogP contribution in [0, 0.1) is 5.92 Å². The van der Waals surface area contributed by atoms with Gasteiger partial charge < -0.3 is 0 Å². The van der Waals surface area contributed by atoms with Crippen molar-refractivity contribution in [1.82, 2.24) is 0 Å². The summed E-state index contributed by atoms with van der Waals surface area (Å²) in [5.41, 5.74) is 3.10. The Morgan fingerprint density at radius 2 is 1.88 bits per heavy atom. The third kappa shape index (κ3) is 2.07. The van der Waals surface area contributed by atoms with Gasteiger partial charge in [0.2, 0.25) is 0 Å². The normalized spacial score (nSPS) is 26.6. The Kier molecular flexibility index (Phi) is 4.35. The van der Waals surface area contributed by atoms with Crippen molar-refractivity contribution in [3.63, 3.8) is 0 Å². The summed E-state index contributed by atoms with van der Waals surface area (Å²) in [6.45, 7) is 12.6. The van der Waals surface area contributed by atoms with Crippen LogP contribution in [0.25, 0.3) is 0 Å². The van der Waals surface area contributed by atoms with E-state index in [2.05, 4.69) is 50.8 Å². The second kappa shape index (κ2) is 5.34. The molecule has 1 aliphatic rings. The predicted octanol–water partition coefficient (Wildman–Crippen LogP) is 4.96. The van der Waals surface area contributed by atoms with Crippen LogP contribution in [0.3, 0.4) is 0 Å². The molecule has 2 atom stereocenters. The van der Waals surface area contributed by atoms with Gasteiger partial charge in [-0.15, -0.1) is 0 Å². The second-order valence-electron chi connectivity index (χ2n) is 4.43. The average Bonchev–Trinajstić information content (AvgIpc) is 3.08. The molecule has 1 aromatic rings. The summed E-state index contributed by atoms with van der Waals surface area (Å²) >= 11 is 0. The minimum atomic E-state index is 0.315. The van der Waals surface area contributed by atoms with Crippen LogP contribution in [-0.4, -0.2) is 0 Å². The van der Waals surface area contributed by atoms with Crippen LogP contribution >= 0.6 is 0 Å². The van der Waals surface area contributed by atoms with Gasteiger partial charge >= 0.3 is 0 Å². The van der Waals surface area contributed by atoms with E-state index in [-0.39, 0.29) is 0 Å². The van der Waals surface area contributed by atoms with Gasteiger partial charge in [-0.2, -0.15) is 0 Å². The molecule has 0 amide bonds. The Morgan fingerprint density at radius 3 is 2.25 bits per heavy atom. The number of allylic oxidation sites excluding steroid dienone is 1. The van der Waals surface area contributed by atoms with Crippen molar-refractivity contribution < 1.29 is 0 Å². The van der Waals surface area contributed by atoms with Gasteiger partial charge in [0.05, 0.1) is 0 Å². The third-order valence-corrected chi connectivity index (χ3v) is 3.65. The Labute approximate surface area is 100 Å². The minimum absolute atomic E-state index is 0.315. The SMILES string of the molecule is C=C(C)C1(c2ccccc2)CC1CC.CC. The maximum Gasteiger partial charge on any atom is 0.0188 e. The summed E-state index contributed by atoms with van der Waals surface area (Å²) in [6.07, 6.45) is 2.56. The molecule has 0 saturated heterocycles. The first-order chi connectivity index (χ1) is 7.71. The van der Waals surface area contributed by atoms with Crippen LogP contribution in [0.15, 0.2) is 42.5 Å². The molecule has 0 spiro atoms. The molecule has 16 heavy (non-hydrogen) atoms. The molecule has 0 N–H and O–H groups in total. The van der Waals surface area contributed by atoms with E-state index in [0.717, 1.165) is 5.92 Å². The Morgan fingerprint density at radius 1 is 1.31 bits per heavy atom. The van der Waals surface area contributed by atoms with Gasteiger partial charge in [0.15, 0.2) is 0 Å². The maximum atomic E-state index is 4.16. The summed E-state index contributed by atoms with van der Waals surface area (Å²) in [5, 5.41) is 0. The molecule has 0 aliphatic heterocycles. The fourth-order valence-corrected chi connectivity index (χ4v) is 2.68. The highest BCUT2D eigenvalue weighted by molar-refractivity contribution is 5.43. The van der Waals surface area contributed by atoms with Crippen LogP contribution in [0.4, 0.5) is 0 Å². The van der Waals surface area contributed by atoms with Crippen molar-refractivity contribution in [3.05, 3.63) is 48.0 Å². The van der Waals surface area contributed by atoms with Crippen molar-refractivity contribution in [2.24, 2.45) is 5.92 Å². The third-order valence-electron chi connectivity index (χ3n) is 3.65. The molecule has 1 aliphatic carbocycles. The molecule has 88 valence electrons. The lowest BCUT2D eigenvalue weighted by Gasteiger charge is -2.17. The maximum absolute atomic E-state index is 4.16. The predicted molar refractivity (Wildman–Crippen MR) is 72.7 cm³/mol. The molecular weight excluding hydrogens is 192 g/mol. The van der Waals surface area contributed by atoms with Crippen molar-refractivity contribution >= 4 is 0 Å². The first-order valence-corrected chi connectivity index (χ1v) is 6.43.